The Morgan fingerprint density at radius 2 is 1.88 bits per heavy atom. The van der Waals surface area contributed by atoms with Gasteiger partial charge in [0.05, 0.1) is 5.69 Å². The molecule has 0 bridgehead atoms. The number of nitrogens with zero attached hydrogens (tertiary/aromatic N) is 4. The zero-order valence-corrected chi connectivity index (χ0v) is 17.4. The quantitative estimate of drug-likeness (QED) is 0.352. The van der Waals surface area contributed by atoms with Gasteiger partial charge >= 0.3 is 0 Å². The van der Waals surface area contributed by atoms with Gasteiger partial charge in [-0.1, -0.05) is 41.9 Å². The predicted octanol–water partition coefficient (Wildman–Crippen LogP) is 3.29. The molecule has 0 aliphatic carbocycles. The van der Waals surface area contributed by atoms with Crippen LogP contribution >= 0.6 is 11.6 Å². The molecule has 32 heavy (non-hydrogen) atoms. The molecule has 9 nitrogen and oxygen atoms in total. The van der Waals surface area contributed by atoms with Crippen LogP contribution in [0.4, 0.5) is 17.3 Å². The highest BCUT2D eigenvalue weighted by atomic mass is 35.5. The molecular formula is C22H17ClN8O. The first-order valence-electron chi connectivity index (χ1n) is 9.46. The molecule has 0 fully saturated rings. The third-order valence-electron chi connectivity index (χ3n) is 4.91. The van der Waals surface area contributed by atoms with Crippen molar-refractivity contribution in [3.05, 3.63) is 75.8 Å². The van der Waals surface area contributed by atoms with E-state index >= 15 is 0 Å². The van der Waals surface area contributed by atoms with Crippen molar-refractivity contribution in [2.24, 2.45) is 4.99 Å². The summed E-state index contributed by atoms with van der Waals surface area (Å²) in [4.78, 5) is 8.77. The van der Waals surface area contributed by atoms with Crippen molar-refractivity contribution in [1.29, 1.82) is 10.5 Å². The van der Waals surface area contributed by atoms with E-state index in [1.807, 2.05) is 48.7 Å². The van der Waals surface area contributed by atoms with Gasteiger partial charge in [-0.15, -0.1) is 0 Å². The maximum atomic E-state index is 9.42. The Bertz CT molecular complexity index is 1290. The average Bonchev–Trinajstić information content (AvgIpc) is 2.79. The van der Waals surface area contributed by atoms with E-state index in [-0.39, 0.29) is 23.0 Å². The van der Waals surface area contributed by atoms with Crippen LogP contribution in [-0.4, -0.2) is 10.9 Å². The van der Waals surface area contributed by atoms with Crippen LogP contribution in [0.1, 0.15) is 28.3 Å². The monoisotopic (exact) mass is 444 g/mol. The number of fused-ring (bicyclic) bond motifs is 1. The maximum absolute atomic E-state index is 9.42. The SMILES string of the molecule is N#CNC1=NC(c2ccc(OCc3ccccc3Cl)cc2)c2c(nc(N)c(C#N)c2N)N1. The summed E-state index contributed by atoms with van der Waals surface area (Å²) in [5.41, 5.74) is 14.5. The van der Waals surface area contributed by atoms with Crippen LogP contribution in [0.3, 0.4) is 0 Å². The van der Waals surface area contributed by atoms with Crippen molar-refractivity contribution in [1.82, 2.24) is 10.3 Å². The third kappa shape index (κ3) is 3.93. The van der Waals surface area contributed by atoms with Gasteiger partial charge in [0.2, 0.25) is 5.96 Å². The van der Waals surface area contributed by atoms with Gasteiger partial charge in [-0.05, 0) is 23.8 Å². The summed E-state index contributed by atoms with van der Waals surface area (Å²) < 4.78 is 5.84. The number of anilines is 3. The third-order valence-corrected chi connectivity index (χ3v) is 5.27. The standard InChI is InChI=1S/C22H17ClN8O/c23-16-4-2-1-3-13(16)10-32-14-7-5-12(6-8-14)19-17-18(26)15(9-24)20(27)30-21(17)31-22(29-19)28-11-25/h1-8,19H,10H2,(H6,26,27,28,29,30,31). The molecule has 1 atom stereocenters. The van der Waals surface area contributed by atoms with Gasteiger partial charge in [-0.2, -0.15) is 10.5 Å². The number of nitrogens with one attached hydrogen (secondary N) is 2. The first kappa shape index (κ1) is 20.8. The number of aliphatic imine (C=N–C) groups is 1. The lowest BCUT2D eigenvalue weighted by Gasteiger charge is -2.26. The van der Waals surface area contributed by atoms with E-state index < -0.39 is 6.04 Å². The van der Waals surface area contributed by atoms with Crippen molar-refractivity contribution in [2.45, 2.75) is 12.6 Å². The number of rotatable bonds is 4. The Kier molecular flexibility index (Phi) is 5.67. The lowest BCUT2D eigenvalue weighted by molar-refractivity contribution is 0.306. The van der Waals surface area contributed by atoms with Crippen LogP contribution in [0.25, 0.3) is 0 Å². The smallest absolute Gasteiger partial charge is 0.211 e. The molecule has 0 radical (unpaired) electrons. The molecule has 3 aromatic rings. The van der Waals surface area contributed by atoms with Crippen LogP contribution in [0.15, 0.2) is 53.5 Å². The van der Waals surface area contributed by atoms with Gasteiger partial charge in [0.1, 0.15) is 41.7 Å². The van der Waals surface area contributed by atoms with Gasteiger partial charge in [0.15, 0.2) is 6.19 Å². The maximum Gasteiger partial charge on any atom is 0.211 e. The summed E-state index contributed by atoms with van der Waals surface area (Å²) in [5.74, 6) is 1.16. The molecule has 2 heterocycles. The molecule has 4 rings (SSSR count). The highest BCUT2D eigenvalue weighted by Crippen LogP contribution is 2.40. The molecule has 2 aromatic carbocycles. The molecule has 0 saturated carbocycles. The summed E-state index contributed by atoms with van der Waals surface area (Å²) in [6, 6.07) is 16.1. The van der Waals surface area contributed by atoms with Crippen molar-refractivity contribution < 1.29 is 4.74 Å². The minimum Gasteiger partial charge on any atom is -0.489 e. The van der Waals surface area contributed by atoms with Gasteiger partial charge in [-0.3, -0.25) is 5.32 Å². The molecule has 6 N–H and O–H groups in total. The number of nitrogens with two attached hydrogens (primary N) is 2. The topological polar surface area (TPSA) is 158 Å². The highest BCUT2D eigenvalue weighted by Gasteiger charge is 2.29. The Morgan fingerprint density at radius 1 is 1.12 bits per heavy atom. The predicted molar refractivity (Wildman–Crippen MR) is 122 cm³/mol. The Balaban J connectivity index is 1.66. The number of benzene rings is 2. The highest BCUT2D eigenvalue weighted by molar-refractivity contribution is 6.31. The molecule has 0 amide bonds. The summed E-state index contributed by atoms with van der Waals surface area (Å²) in [5, 5.41) is 24.4. The second-order valence-electron chi connectivity index (χ2n) is 6.85. The molecule has 0 saturated heterocycles. The molecule has 1 unspecified atom stereocenters. The number of guanidine groups is 1. The number of ether oxygens (including phenoxy) is 1. The van der Waals surface area contributed by atoms with E-state index in [0.717, 1.165) is 11.1 Å². The number of nitrogen functional groups attached to an aromatic ring is 2. The second kappa shape index (κ2) is 8.72. The number of aromatic nitrogens is 1. The first-order chi connectivity index (χ1) is 15.5. The fourth-order valence-corrected chi connectivity index (χ4v) is 3.54. The lowest BCUT2D eigenvalue weighted by atomic mass is 9.95. The minimum atomic E-state index is -0.611. The molecule has 0 spiro atoms. The molecule has 1 aliphatic heterocycles. The average molecular weight is 445 g/mol. The van der Waals surface area contributed by atoms with Crippen LogP contribution < -0.4 is 26.8 Å². The van der Waals surface area contributed by atoms with Crippen molar-refractivity contribution in [2.75, 3.05) is 16.8 Å². The summed E-state index contributed by atoms with van der Waals surface area (Å²) in [7, 11) is 0. The zero-order valence-electron chi connectivity index (χ0n) is 16.6. The van der Waals surface area contributed by atoms with Crippen LogP contribution in [0, 0.1) is 22.8 Å². The molecular weight excluding hydrogens is 428 g/mol. The summed E-state index contributed by atoms with van der Waals surface area (Å²) in [6.07, 6.45) is 1.82. The van der Waals surface area contributed by atoms with Crippen LogP contribution in [-0.2, 0) is 6.61 Å². The van der Waals surface area contributed by atoms with E-state index in [1.54, 1.807) is 12.1 Å². The van der Waals surface area contributed by atoms with Gasteiger partial charge in [0.25, 0.3) is 0 Å². The zero-order chi connectivity index (χ0) is 22.7. The fraction of sp³-hybridized carbons (Fsp3) is 0.0909. The number of hydrogen-bond acceptors (Lipinski definition) is 9. The Hall–Kier alpha value is -4.47. The number of hydrogen-bond donors (Lipinski definition) is 4. The van der Waals surface area contributed by atoms with E-state index in [4.69, 9.17) is 33.1 Å². The Morgan fingerprint density at radius 3 is 2.56 bits per heavy atom. The molecule has 1 aliphatic rings. The van der Waals surface area contributed by atoms with E-state index in [2.05, 4.69) is 20.6 Å². The fourth-order valence-electron chi connectivity index (χ4n) is 3.34. The van der Waals surface area contributed by atoms with Gasteiger partial charge in [0, 0.05) is 16.1 Å². The summed E-state index contributed by atoms with van der Waals surface area (Å²) in [6.45, 7) is 0.325. The number of pyridine rings is 1. The first-order valence-corrected chi connectivity index (χ1v) is 9.84. The van der Waals surface area contributed by atoms with E-state index in [0.29, 0.717) is 28.8 Å². The van der Waals surface area contributed by atoms with Crippen molar-refractivity contribution >= 4 is 34.9 Å². The van der Waals surface area contributed by atoms with Crippen LogP contribution in [0.5, 0.6) is 5.75 Å². The molecule has 10 heteroatoms. The van der Waals surface area contributed by atoms with Crippen LogP contribution in [0.2, 0.25) is 5.02 Å². The lowest BCUT2D eigenvalue weighted by Crippen LogP contribution is -2.32. The van der Waals surface area contributed by atoms with Crippen molar-refractivity contribution in [3.63, 3.8) is 0 Å². The normalized spacial score (nSPS) is 14.2. The number of nitriles is 2. The van der Waals surface area contributed by atoms with E-state index in [1.165, 1.54) is 0 Å². The number of halogens is 1. The molecule has 158 valence electrons. The largest absolute Gasteiger partial charge is 0.489 e. The Labute approximate surface area is 188 Å². The summed E-state index contributed by atoms with van der Waals surface area (Å²) >= 11 is 6.18. The van der Waals surface area contributed by atoms with Gasteiger partial charge < -0.3 is 21.5 Å². The minimum absolute atomic E-state index is 0.00321. The van der Waals surface area contributed by atoms with E-state index in [9.17, 15) is 5.26 Å². The van der Waals surface area contributed by atoms with Crippen molar-refractivity contribution in [3.8, 4) is 18.0 Å². The second-order valence-corrected chi connectivity index (χ2v) is 7.26. The van der Waals surface area contributed by atoms with Gasteiger partial charge in [-0.25, -0.2) is 9.98 Å². The molecule has 1 aromatic heterocycles.